The second kappa shape index (κ2) is 4.83. The Hall–Kier alpha value is -0.800. The van der Waals surface area contributed by atoms with Gasteiger partial charge in [0.15, 0.2) is 0 Å². The Kier molecular flexibility index (Phi) is 3.21. The molecule has 1 atom stereocenters. The normalized spacial score (nSPS) is 25.8. The van der Waals surface area contributed by atoms with Crippen LogP contribution in [0.2, 0.25) is 0 Å². The van der Waals surface area contributed by atoms with E-state index in [9.17, 15) is 4.79 Å². The lowest BCUT2D eigenvalue weighted by atomic mass is 9.94. The summed E-state index contributed by atoms with van der Waals surface area (Å²) in [5, 5.41) is 0. The molecule has 1 aliphatic carbocycles. The smallest absolute Gasteiger partial charge is 0.142 e. The van der Waals surface area contributed by atoms with E-state index in [0.717, 1.165) is 6.29 Å². The minimum atomic E-state index is -0.0284. The Morgan fingerprint density at radius 2 is 1.94 bits per heavy atom. The molecule has 90 valence electrons. The van der Waals surface area contributed by atoms with Gasteiger partial charge in [-0.3, -0.25) is 0 Å². The summed E-state index contributed by atoms with van der Waals surface area (Å²) < 4.78 is 2.33. The summed E-state index contributed by atoms with van der Waals surface area (Å²) >= 11 is 1.78. The van der Waals surface area contributed by atoms with E-state index in [0.29, 0.717) is 6.04 Å². The molecule has 17 heavy (non-hydrogen) atoms. The molecule has 1 saturated carbocycles. The van der Waals surface area contributed by atoms with Crippen LogP contribution in [0.5, 0.6) is 0 Å². The van der Waals surface area contributed by atoms with Crippen molar-refractivity contribution in [2.45, 2.75) is 49.1 Å². The van der Waals surface area contributed by atoms with Crippen molar-refractivity contribution >= 4 is 18.2 Å². The fourth-order valence-electron chi connectivity index (χ4n) is 2.89. The third-order valence-electron chi connectivity index (χ3n) is 3.78. The Morgan fingerprint density at radius 1 is 1.18 bits per heavy atom. The fraction of sp³-hybridized carbons (Fsp3) is 0.500. The van der Waals surface area contributed by atoms with Gasteiger partial charge in [0.1, 0.15) is 12.3 Å². The highest BCUT2D eigenvalue weighted by Crippen LogP contribution is 2.46. The minimum absolute atomic E-state index is 0.0284. The maximum Gasteiger partial charge on any atom is 0.142 e. The van der Waals surface area contributed by atoms with Crippen LogP contribution in [-0.2, 0) is 4.79 Å². The molecule has 0 N–H and O–H groups in total. The van der Waals surface area contributed by atoms with Gasteiger partial charge in [0.25, 0.3) is 0 Å². The van der Waals surface area contributed by atoms with Gasteiger partial charge in [0, 0.05) is 10.9 Å². The molecule has 0 radical (unpaired) electrons. The third-order valence-corrected chi connectivity index (χ3v) is 5.08. The van der Waals surface area contributed by atoms with Crippen molar-refractivity contribution in [3.63, 3.8) is 0 Å². The van der Waals surface area contributed by atoms with E-state index in [2.05, 4.69) is 22.5 Å². The van der Waals surface area contributed by atoms with Crippen LogP contribution in [0.3, 0.4) is 0 Å². The molecule has 0 aromatic heterocycles. The number of carbonyl (C=O) groups excluding carboxylic acids is 1. The molecular weight excluding hydrogens is 230 g/mol. The fourth-order valence-corrected chi connectivity index (χ4v) is 4.18. The Bertz CT molecular complexity index is 414. The average Bonchev–Trinajstić information content (AvgIpc) is 2.78. The molecule has 2 nitrogen and oxygen atoms in total. The van der Waals surface area contributed by atoms with Gasteiger partial charge in [0.2, 0.25) is 0 Å². The van der Waals surface area contributed by atoms with E-state index in [1.54, 1.807) is 11.9 Å². The maximum absolute atomic E-state index is 11.4. The van der Waals surface area contributed by atoms with Gasteiger partial charge in [0.05, 0.1) is 0 Å². The van der Waals surface area contributed by atoms with Crippen molar-refractivity contribution < 1.29 is 4.79 Å². The lowest BCUT2D eigenvalue weighted by Gasteiger charge is -2.32. The first kappa shape index (κ1) is 11.3. The number of carbonyl (C=O) groups is 1. The predicted molar refractivity (Wildman–Crippen MR) is 69.8 cm³/mol. The summed E-state index contributed by atoms with van der Waals surface area (Å²) in [4.78, 5) is 12.6. The van der Waals surface area contributed by atoms with Gasteiger partial charge in [-0.1, -0.05) is 37.5 Å². The Morgan fingerprint density at radius 3 is 2.71 bits per heavy atom. The van der Waals surface area contributed by atoms with Crippen LogP contribution in [0, 0.1) is 0 Å². The summed E-state index contributed by atoms with van der Waals surface area (Å²) in [5.74, 6) is 0. The van der Waals surface area contributed by atoms with Crippen LogP contribution >= 0.6 is 11.9 Å². The summed E-state index contributed by atoms with van der Waals surface area (Å²) in [6, 6.07) is 8.85. The van der Waals surface area contributed by atoms with E-state index in [-0.39, 0.29) is 6.04 Å². The summed E-state index contributed by atoms with van der Waals surface area (Å²) in [7, 11) is 0. The summed E-state index contributed by atoms with van der Waals surface area (Å²) in [6.45, 7) is 0. The molecule has 1 aliphatic heterocycles. The lowest BCUT2D eigenvalue weighted by molar-refractivity contribution is -0.111. The van der Waals surface area contributed by atoms with E-state index >= 15 is 0 Å². The van der Waals surface area contributed by atoms with Crippen LogP contribution in [-0.4, -0.2) is 16.6 Å². The van der Waals surface area contributed by atoms with Crippen molar-refractivity contribution in [1.82, 2.24) is 4.31 Å². The predicted octanol–water partition coefficient (Wildman–Crippen LogP) is 3.58. The van der Waals surface area contributed by atoms with Crippen molar-refractivity contribution in [1.29, 1.82) is 0 Å². The highest BCUT2D eigenvalue weighted by molar-refractivity contribution is 7.97. The first-order valence-corrected chi connectivity index (χ1v) is 7.18. The van der Waals surface area contributed by atoms with Gasteiger partial charge < -0.3 is 4.79 Å². The molecule has 3 rings (SSSR count). The minimum Gasteiger partial charge on any atom is -0.301 e. The molecule has 3 heteroatoms. The molecule has 1 aromatic rings. The number of aldehydes is 1. The summed E-state index contributed by atoms with van der Waals surface area (Å²) in [6.07, 6.45) is 7.56. The third kappa shape index (κ3) is 2.02. The summed E-state index contributed by atoms with van der Waals surface area (Å²) in [5.41, 5.74) is 1.19. The molecule has 0 amide bonds. The van der Waals surface area contributed by atoms with E-state index in [1.165, 1.54) is 42.6 Å². The van der Waals surface area contributed by atoms with Crippen LogP contribution in [0.15, 0.2) is 29.2 Å². The monoisotopic (exact) mass is 247 g/mol. The number of hydrogen-bond donors (Lipinski definition) is 0. The van der Waals surface area contributed by atoms with Crippen molar-refractivity contribution in [3.05, 3.63) is 29.8 Å². The van der Waals surface area contributed by atoms with Crippen LogP contribution < -0.4 is 0 Å². The highest BCUT2D eigenvalue weighted by atomic mass is 32.2. The average molecular weight is 247 g/mol. The van der Waals surface area contributed by atoms with E-state index in [1.807, 2.05) is 6.07 Å². The van der Waals surface area contributed by atoms with Crippen molar-refractivity contribution in [2.24, 2.45) is 0 Å². The lowest BCUT2D eigenvalue weighted by Crippen LogP contribution is -2.32. The molecule has 1 unspecified atom stereocenters. The van der Waals surface area contributed by atoms with Gasteiger partial charge in [-0.2, -0.15) is 0 Å². The molecule has 1 fully saturated rings. The topological polar surface area (TPSA) is 20.3 Å². The van der Waals surface area contributed by atoms with E-state index in [4.69, 9.17) is 0 Å². The number of benzene rings is 1. The number of fused-ring (bicyclic) bond motifs is 1. The van der Waals surface area contributed by atoms with Crippen LogP contribution in [0.25, 0.3) is 0 Å². The first-order chi connectivity index (χ1) is 8.40. The second-order valence-corrected chi connectivity index (χ2v) is 5.91. The molecule has 1 aromatic carbocycles. The zero-order valence-corrected chi connectivity index (χ0v) is 10.7. The van der Waals surface area contributed by atoms with E-state index < -0.39 is 0 Å². The first-order valence-electron chi connectivity index (χ1n) is 6.40. The molecule has 1 heterocycles. The number of rotatable bonds is 2. The van der Waals surface area contributed by atoms with Gasteiger partial charge in [-0.15, -0.1) is 0 Å². The van der Waals surface area contributed by atoms with Crippen LogP contribution in [0.1, 0.15) is 43.7 Å². The zero-order valence-electron chi connectivity index (χ0n) is 9.84. The zero-order chi connectivity index (χ0) is 11.7. The van der Waals surface area contributed by atoms with Gasteiger partial charge in [-0.25, -0.2) is 4.31 Å². The van der Waals surface area contributed by atoms with Crippen molar-refractivity contribution in [2.75, 3.05) is 0 Å². The quantitative estimate of drug-likeness (QED) is 0.588. The van der Waals surface area contributed by atoms with Gasteiger partial charge in [-0.05, 0) is 36.4 Å². The molecule has 0 bridgehead atoms. The van der Waals surface area contributed by atoms with Crippen molar-refractivity contribution in [3.8, 4) is 0 Å². The highest BCUT2D eigenvalue weighted by Gasteiger charge is 2.35. The molecule has 0 spiro atoms. The molecular formula is C14H17NOS. The standard InChI is InChI=1S/C14H17NOS/c16-10-13-12-8-4-5-9-14(12)17-15(13)11-6-2-1-3-7-11/h4-5,8-11,13H,1-3,6-7H2. The molecule has 2 aliphatic rings. The molecule has 0 saturated heterocycles. The Balaban J connectivity index is 1.86. The SMILES string of the molecule is O=CC1c2ccccc2SN1C1CCCCC1. The number of hydrogen-bond acceptors (Lipinski definition) is 3. The van der Waals surface area contributed by atoms with Crippen LogP contribution in [0.4, 0.5) is 0 Å². The second-order valence-electron chi connectivity index (χ2n) is 4.86. The Labute approximate surface area is 107 Å². The number of nitrogens with zero attached hydrogens (tertiary/aromatic N) is 1. The largest absolute Gasteiger partial charge is 0.301 e. The van der Waals surface area contributed by atoms with Gasteiger partial charge >= 0.3 is 0 Å². The maximum atomic E-state index is 11.4.